The smallest absolute Gasteiger partial charge is 0.251 e. The van der Waals surface area contributed by atoms with E-state index in [4.69, 9.17) is 5.73 Å². The topological polar surface area (TPSA) is 72.2 Å². The number of nitrogens with two attached hydrogens (primary N) is 1. The lowest BCUT2D eigenvalue weighted by Gasteiger charge is -2.03. The number of benzene rings is 1. The van der Waals surface area contributed by atoms with Gasteiger partial charge < -0.3 is 11.1 Å². The maximum Gasteiger partial charge on any atom is 0.251 e. The fraction of sp³-hybridized carbons (Fsp3) is 0.200. The van der Waals surface area contributed by atoms with Crippen LogP contribution < -0.4 is 11.1 Å². The number of nitrogens with one attached hydrogen (secondary N) is 1. The summed E-state index contributed by atoms with van der Waals surface area (Å²) in [5.41, 5.74) is 5.11. The Labute approximate surface area is 86.3 Å². The van der Waals surface area contributed by atoms with E-state index in [2.05, 4.69) is 5.32 Å². The molecule has 1 aromatic rings. The zero-order valence-electron chi connectivity index (χ0n) is 8.00. The number of rotatable bonds is 4. The highest BCUT2D eigenvalue weighted by atomic mass is 19.1. The van der Waals surface area contributed by atoms with Gasteiger partial charge in [0.25, 0.3) is 5.91 Å². The van der Waals surface area contributed by atoms with Crippen molar-refractivity contribution in [1.29, 1.82) is 0 Å². The summed E-state index contributed by atoms with van der Waals surface area (Å²) in [4.78, 5) is 21.7. The summed E-state index contributed by atoms with van der Waals surface area (Å²) in [7, 11) is 0. The number of carbonyl (C=O) groups excluding carboxylic acids is 2. The highest BCUT2D eigenvalue weighted by Gasteiger charge is 2.05. The first-order chi connectivity index (χ1) is 7.09. The molecule has 0 aliphatic carbocycles. The fourth-order valence-corrected chi connectivity index (χ4v) is 1.03. The highest BCUT2D eigenvalue weighted by Crippen LogP contribution is 2.02. The molecule has 0 aromatic heterocycles. The van der Waals surface area contributed by atoms with Gasteiger partial charge in [-0.1, -0.05) is 6.07 Å². The number of hydrogen-bond donors (Lipinski definition) is 2. The Hall–Kier alpha value is -1.91. The van der Waals surface area contributed by atoms with Gasteiger partial charge in [-0.3, -0.25) is 9.59 Å². The van der Waals surface area contributed by atoms with Crippen LogP contribution in [-0.4, -0.2) is 18.4 Å². The van der Waals surface area contributed by atoms with Crippen molar-refractivity contribution in [2.75, 3.05) is 6.54 Å². The second kappa shape index (κ2) is 5.09. The first kappa shape index (κ1) is 11.2. The van der Waals surface area contributed by atoms with Crippen LogP contribution in [0.4, 0.5) is 4.39 Å². The predicted molar refractivity (Wildman–Crippen MR) is 52.5 cm³/mol. The van der Waals surface area contributed by atoms with Crippen molar-refractivity contribution in [3.63, 3.8) is 0 Å². The van der Waals surface area contributed by atoms with Crippen LogP contribution in [-0.2, 0) is 4.79 Å². The molecule has 5 heteroatoms. The summed E-state index contributed by atoms with van der Waals surface area (Å²) in [6, 6.07) is 5.31. The molecule has 0 aliphatic rings. The third-order valence-electron chi connectivity index (χ3n) is 1.74. The number of carbonyl (C=O) groups is 2. The minimum atomic E-state index is -0.491. The number of primary amides is 1. The molecule has 0 saturated heterocycles. The Kier molecular flexibility index (Phi) is 3.79. The van der Waals surface area contributed by atoms with Crippen LogP contribution in [0.25, 0.3) is 0 Å². The first-order valence-corrected chi connectivity index (χ1v) is 4.41. The van der Waals surface area contributed by atoms with Gasteiger partial charge in [-0.25, -0.2) is 4.39 Å². The zero-order chi connectivity index (χ0) is 11.3. The average molecular weight is 210 g/mol. The highest BCUT2D eigenvalue weighted by molar-refractivity contribution is 5.94. The lowest BCUT2D eigenvalue weighted by molar-refractivity contribution is -0.117. The van der Waals surface area contributed by atoms with Crippen LogP contribution in [0, 0.1) is 5.82 Å². The van der Waals surface area contributed by atoms with Gasteiger partial charge in [0, 0.05) is 18.5 Å². The molecule has 0 radical (unpaired) electrons. The molecule has 0 aliphatic heterocycles. The zero-order valence-corrected chi connectivity index (χ0v) is 8.00. The maximum atomic E-state index is 12.7. The summed E-state index contributed by atoms with van der Waals surface area (Å²) in [5.74, 6) is -1.39. The molecule has 2 amide bonds. The van der Waals surface area contributed by atoms with E-state index in [1.165, 1.54) is 18.2 Å². The summed E-state index contributed by atoms with van der Waals surface area (Å²) in [6.07, 6.45) is 0.0705. The van der Waals surface area contributed by atoms with E-state index in [0.29, 0.717) is 0 Å². The van der Waals surface area contributed by atoms with E-state index in [9.17, 15) is 14.0 Å². The van der Waals surface area contributed by atoms with E-state index < -0.39 is 17.6 Å². The maximum absolute atomic E-state index is 12.7. The van der Waals surface area contributed by atoms with Gasteiger partial charge >= 0.3 is 0 Å². The number of hydrogen-bond acceptors (Lipinski definition) is 2. The van der Waals surface area contributed by atoms with E-state index >= 15 is 0 Å². The molecule has 0 atom stereocenters. The van der Waals surface area contributed by atoms with Crippen LogP contribution in [0.15, 0.2) is 24.3 Å². The van der Waals surface area contributed by atoms with E-state index in [0.717, 1.165) is 6.07 Å². The lowest BCUT2D eigenvalue weighted by atomic mass is 10.2. The summed E-state index contributed by atoms with van der Waals surface area (Å²) >= 11 is 0. The van der Waals surface area contributed by atoms with E-state index in [1.807, 2.05) is 0 Å². The van der Waals surface area contributed by atoms with Crippen molar-refractivity contribution < 1.29 is 14.0 Å². The van der Waals surface area contributed by atoms with Gasteiger partial charge in [0.05, 0.1) is 0 Å². The molecule has 1 aromatic carbocycles. The number of halogens is 1. The van der Waals surface area contributed by atoms with Gasteiger partial charge in [-0.05, 0) is 18.2 Å². The van der Waals surface area contributed by atoms with E-state index in [-0.39, 0.29) is 18.5 Å². The molecule has 0 heterocycles. The largest absolute Gasteiger partial charge is 0.370 e. The first-order valence-electron chi connectivity index (χ1n) is 4.41. The van der Waals surface area contributed by atoms with Crippen molar-refractivity contribution in [2.45, 2.75) is 6.42 Å². The van der Waals surface area contributed by atoms with Crippen molar-refractivity contribution in [3.05, 3.63) is 35.6 Å². The summed E-state index contributed by atoms with van der Waals surface area (Å²) in [6.45, 7) is 0.157. The van der Waals surface area contributed by atoms with Gasteiger partial charge in [-0.2, -0.15) is 0 Å². The molecular weight excluding hydrogens is 199 g/mol. The van der Waals surface area contributed by atoms with Gasteiger partial charge in [0.2, 0.25) is 5.91 Å². The molecule has 80 valence electrons. The molecule has 4 nitrogen and oxygen atoms in total. The Morgan fingerprint density at radius 1 is 1.40 bits per heavy atom. The quantitative estimate of drug-likeness (QED) is 0.756. The van der Waals surface area contributed by atoms with Crippen LogP contribution in [0.1, 0.15) is 16.8 Å². The third-order valence-corrected chi connectivity index (χ3v) is 1.74. The van der Waals surface area contributed by atoms with Crippen LogP contribution >= 0.6 is 0 Å². The lowest BCUT2D eigenvalue weighted by Crippen LogP contribution is -2.27. The standard InChI is InChI=1S/C10H11FN2O2/c11-8-3-1-2-7(6-8)10(15)13-5-4-9(12)14/h1-3,6H,4-5H2,(H2,12,14)(H,13,15). The van der Waals surface area contributed by atoms with Crippen LogP contribution in [0.5, 0.6) is 0 Å². The van der Waals surface area contributed by atoms with Crippen LogP contribution in [0.2, 0.25) is 0 Å². The molecule has 3 N–H and O–H groups in total. The Morgan fingerprint density at radius 3 is 2.73 bits per heavy atom. The van der Waals surface area contributed by atoms with Crippen molar-refractivity contribution >= 4 is 11.8 Å². The fourth-order valence-electron chi connectivity index (χ4n) is 1.03. The predicted octanol–water partition coefficient (Wildman–Crippen LogP) is 0.431. The van der Waals surface area contributed by atoms with Gasteiger partial charge in [0.15, 0.2) is 0 Å². The summed E-state index contributed by atoms with van der Waals surface area (Å²) < 4.78 is 12.7. The SMILES string of the molecule is NC(=O)CCNC(=O)c1cccc(F)c1. The van der Waals surface area contributed by atoms with Crippen molar-refractivity contribution in [2.24, 2.45) is 5.73 Å². The Balaban J connectivity index is 2.50. The normalized spacial score (nSPS) is 9.67. The second-order valence-electron chi connectivity index (χ2n) is 2.98. The molecule has 0 fully saturated rings. The van der Waals surface area contributed by atoms with Gasteiger partial charge in [0.1, 0.15) is 5.82 Å². The molecule has 1 rings (SSSR count). The Bertz CT molecular complexity index is 379. The molecule has 0 spiro atoms. The Morgan fingerprint density at radius 2 is 2.13 bits per heavy atom. The molecule has 0 saturated carbocycles. The van der Waals surface area contributed by atoms with Gasteiger partial charge in [-0.15, -0.1) is 0 Å². The molecule has 15 heavy (non-hydrogen) atoms. The second-order valence-corrected chi connectivity index (χ2v) is 2.98. The molecule has 0 unspecified atom stereocenters. The van der Waals surface area contributed by atoms with Crippen molar-refractivity contribution in [3.8, 4) is 0 Å². The minimum absolute atomic E-state index is 0.0705. The monoisotopic (exact) mass is 210 g/mol. The third kappa shape index (κ3) is 3.76. The molecular formula is C10H11FN2O2. The van der Waals surface area contributed by atoms with E-state index in [1.54, 1.807) is 0 Å². The summed E-state index contributed by atoms with van der Waals surface area (Å²) in [5, 5.41) is 2.45. The minimum Gasteiger partial charge on any atom is -0.370 e. The number of amides is 2. The average Bonchev–Trinajstić information content (AvgIpc) is 2.17. The van der Waals surface area contributed by atoms with Crippen molar-refractivity contribution in [1.82, 2.24) is 5.32 Å². The van der Waals surface area contributed by atoms with Crippen LogP contribution in [0.3, 0.4) is 0 Å². The molecule has 0 bridgehead atoms.